The molecule has 0 atom stereocenters. The van der Waals surface area contributed by atoms with E-state index in [2.05, 4.69) is 414 Å². The van der Waals surface area contributed by atoms with Gasteiger partial charge in [0.2, 0.25) is 0 Å². The van der Waals surface area contributed by atoms with Crippen molar-refractivity contribution in [3.63, 3.8) is 0 Å². The molecule has 2 aliphatic rings. The molecule has 5 heterocycles. The van der Waals surface area contributed by atoms with Crippen LogP contribution in [-0.4, -0.2) is 20.4 Å². The van der Waals surface area contributed by atoms with Gasteiger partial charge in [0, 0.05) is 83.3 Å². The third-order valence-corrected chi connectivity index (χ3v) is 22.5. The zero-order chi connectivity index (χ0) is 70.3. The predicted molar refractivity (Wildman–Crippen MR) is 449 cm³/mol. The highest BCUT2D eigenvalue weighted by Crippen LogP contribution is 2.53. The van der Waals surface area contributed by atoms with Crippen molar-refractivity contribution in [3.8, 4) is 72.7 Å². The van der Waals surface area contributed by atoms with E-state index in [1.807, 2.05) is 0 Å². The number of benzene rings is 16. The maximum atomic E-state index is 2.69. The van der Waals surface area contributed by atoms with Crippen molar-refractivity contribution in [2.45, 2.75) is 26.2 Å². The zero-order valence-corrected chi connectivity index (χ0v) is 59.0. The average Bonchev–Trinajstić information content (AvgIpc) is 0.715. The van der Waals surface area contributed by atoms with Crippen molar-refractivity contribution in [3.05, 3.63) is 376 Å². The molecular weight excluding hydrogens is 1280 g/mol. The molecule has 0 saturated carbocycles. The molecule has 0 amide bonds. The molecule has 498 valence electrons. The fraction of sp³-hybridized carbons (Fsp3) is 0.0400. The number of para-hydroxylation sites is 6. The second kappa shape index (κ2) is 24.1. The molecule has 16 aromatic carbocycles. The number of rotatable bonds is 10. The van der Waals surface area contributed by atoms with Crippen molar-refractivity contribution >= 4 is 123 Å². The number of hydrogen-bond donors (Lipinski definition) is 0. The fourth-order valence-electron chi connectivity index (χ4n) is 17.7. The predicted octanol–water partition coefficient (Wildman–Crippen LogP) is 24.7. The SMILES string of the molecule is CC(C)(C)c1cccc(-c2ccc3c(c2)N(c2c(-c4ccccc4)cccc2-c2ccccc2)c2cc(-n4c5ccccc5c5cc(-n6c7ccccc7c7ccccc76)ccc54)cc4c2B3c2ccc(-n3c5ccccc5c5ccccc53)cc2N4c2cc(-c3ccccc3)cc(-c3ccccc3)c2)c1. The summed E-state index contributed by atoms with van der Waals surface area (Å²) in [5.74, 6) is 0. The molecule has 0 aliphatic carbocycles. The van der Waals surface area contributed by atoms with Crippen LogP contribution < -0.4 is 26.2 Å². The van der Waals surface area contributed by atoms with E-state index in [1.165, 1.54) is 70.9 Å². The molecule has 5 nitrogen and oxygen atoms in total. The van der Waals surface area contributed by atoms with Crippen molar-refractivity contribution < 1.29 is 0 Å². The van der Waals surface area contributed by atoms with Crippen LogP contribution in [0, 0.1) is 0 Å². The Morgan fingerprint density at radius 2 is 0.604 bits per heavy atom. The molecule has 2 aliphatic heterocycles. The van der Waals surface area contributed by atoms with Crippen LogP contribution in [0.5, 0.6) is 0 Å². The van der Waals surface area contributed by atoms with E-state index < -0.39 is 0 Å². The summed E-state index contributed by atoms with van der Waals surface area (Å²) in [4.78, 5) is 5.34. The molecule has 0 radical (unpaired) electrons. The zero-order valence-electron chi connectivity index (χ0n) is 59.0. The number of anilines is 6. The van der Waals surface area contributed by atoms with Crippen LogP contribution in [0.25, 0.3) is 138 Å². The monoisotopic (exact) mass is 1350 g/mol. The minimum Gasteiger partial charge on any atom is -0.311 e. The van der Waals surface area contributed by atoms with Crippen molar-refractivity contribution in [1.82, 2.24) is 13.7 Å². The molecule has 0 unspecified atom stereocenters. The lowest BCUT2D eigenvalue weighted by molar-refractivity contribution is 0.590. The van der Waals surface area contributed by atoms with E-state index >= 15 is 0 Å². The first-order valence-electron chi connectivity index (χ1n) is 36.9. The van der Waals surface area contributed by atoms with Gasteiger partial charge < -0.3 is 23.5 Å². The van der Waals surface area contributed by atoms with E-state index in [9.17, 15) is 0 Å². The summed E-state index contributed by atoms with van der Waals surface area (Å²) in [7, 11) is 0. The Labute approximate surface area is 616 Å². The third-order valence-electron chi connectivity index (χ3n) is 22.5. The topological polar surface area (TPSA) is 21.3 Å². The first kappa shape index (κ1) is 61.3. The van der Waals surface area contributed by atoms with Crippen molar-refractivity contribution in [1.29, 1.82) is 0 Å². The average molecular weight is 1350 g/mol. The largest absolute Gasteiger partial charge is 0.311 e. The Hall–Kier alpha value is -13.4. The summed E-state index contributed by atoms with van der Waals surface area (Å²) < 4.78 is 7.50. The summed E-state index contributed by atoms with van der Waals surface area (Å²) >= 11 is 0. The van der Waals surface area contributed by atoms with Gasteiger partial charge in [0.15, 0.2) is 0 Å². The van der Waals surface area contributed by atoms with Gasteiger partial charge in [0.25, 0.3) is 6.71 Å². The molecular formula is C100H70BN5. The van der Waals surface area contributed by atoms with Crippen LogP contribution in [0.3, 0.4) is 0 Å². The molecule has 0 spiro atoms. The Balaban J connectivity index is 0.927. The van der Waals surface area contributed by atoms with Gasteiger partial charge in [-0.15, -0.1) is 0 Å². The number of nitrogens with zero attached hydrogens (tertiary/aromatic N) is 5. The molecule has 19 aromatic rings. The van der Waals surface area contributed by atoms with E-state index in [0.717, 1.165) is 123 Å². The van der Waals surface area contributed by atoms with Gasteiger partial charge >= 0.3 is 0 Å². The van der Waals surface area contributed by atoms with Crippen molar-refractivity contribution in [2.24, 2.45) is 0 Å². The van der Waals surface area contributed by atoms with Crippen LogP contribution in [0.15, 0.2) is 370 Å². The van der Waals surface area contributed by atoms with Crippen LogP contribution in [0.4, 0.5) is 34.1 Å². The third kappa shape index (κ3) is 9.64. The lowest BCUT2D eigenvalue weighted by Gasteiger charge is -2.45. The minimum atomic E-state index is -0.249. The maximum absolute atomic E-state index is 2.69. The molecule has 21 rings (SSSR count). The van der Waals surface area contributed by atoms with Gasteiger partial charge in [0.1, 0.15) is 0 Å². The van der Waals surface area contributed by atoms with Gasteiger partial charge in [0.05, 0.1) is 44.5 Å². The summed E-state index contributed by atoms with van der Waals surface area (Å²) in [6.45, 7) is 6.70. The van der Waals surface area contributed by atoms with Gasteiger partial charge in [-0.2, -0.15) is 0 Å². The summed E-state index contributed by atoms with van der Waals surface area (Å²) in [6.07, 6.45) is 0. The van der Waals surface area contributed by atoms with Gasteiger partial charge in [-0.1, -0.05) is 294 Å². The van der Waals surface area contributed by atoms with E-state index in [0.29, 0.717) is 0 Å². The molecule has 0 saturated heterocycles. The lowest BCUT2D eigenvalue weighted by Crippen LogP contribution is -2.61. The standard InChI is InChI=1S/C100H70BN5/c1-100(2,3)73-37-26-36-69(57-73)70-50-53-86-94(60-70)106(99-78(67-32-12-6-13-33-67)43-27-44-79(99)68-34-14-7-15-35-68)97-64-77(104-92-49-25-20-42-84(92)85-61-74(52-55-93(85)104)102-88-45-21-16-38-80(88)81-39-17-22-46-89(81)102)63-96-98(97)101(86)87-54-51-75(103-90-47-23-18-40-82(90)83-41-19-24-48-91(83)103)62-95(87)105(96)76-58-71(65-28-8-4-9-29-65)56-72(59-76)66-30-10-5-11-31-66/h4-64H,1-3H3. The second-order valence-electron chi connectivity index (χ2n) is 29.6. The van der Waals surface area contributed by atoms with Gasteiger partial charge in [-0.3, -0.25) is 0 Å². The maximum Gasteiger partial charge on any atom is 0.252 e. The minimum absolute atomic E-state index is 0.0706. The molecule has 3 aromatic heterocycles. The van der Waals surface area contributed by atoms with E-state index in [1.54, 1.807) is 0 Å². The Morgan fingerprint density at radius 3 is 1.11 bits per heavy atom. The van der Waals surface area contributed by atoms with Gasteiger partial charge in [-0.25, -0.2) is 0 Å². The number of fused-ring (bicyclic) bond motifs is 13. The summed E-state index contributed by atoms with van der Waals surface area (Å²) in [6, 6.07) is 139. The molecule has 106 heavy (non-hydrogen) atoms. The highest BCUT2D eigenvalue weighted by atomic mass is 15.2. The summed E-state index contributed by atoms with van der Waals surface area (Å²) in [5, 5.41) is 7.27. The fourth-order valence-corrected chi connectivity index (χ4v) is 17.7. The Morgan fingerprint density at radius 1 is 0.226 bits per heavy atom. The van der Waals surface area contributed by atoms with Crippen LogP contribution in [0.2, 0.25) is 0 Å². The van der Waals surface area contributed by atoms with Crippen LogP contribution in [-0.2, 0) is 5.41 Å². The quantitative estimate of drug-likeness (QED) is 0.127. The Bertz CT molecular complexity index is 6530. The number of hydrogen-bond acceptors (Lipinski definition) is 2. The molecule has 6 heteroatoms. The van der Waals surface area contributed by atoms with E-state index in [-0.39, 0.29) is 12.1 Å². The van der Waals surface area contributed by atoms with Crippen molar-refractivity contribution in [2.75, 3.05) is 9.80 Å². The summed E-state index contributed by atoms with van der Waals surface area (Å²) in [5.41, 5.74) is 33.0. The smallest absolute Gasteiger partial charge is 0.252 e. The lowest BCUT2D eigenvalue weighted by atomic mass is 9.33. The first-order valence-corrected chi connectivity index (χ1v) is 36.9. The van der Waals surface area contributed by atoms with Crippen LogP contribution >= 0.6 is 0 Å². The molecule has 0 fully saturated rings. The van der Waals surface area contributed by atoms with Gasteiger partial charge in [-0.05, 0) is 169 Å². The second-order valence-corrected chi connectivity index (χ2v) is 29.6. The molecule has 0 bridgehead atoms. The van der Waals surface area contributed by atoms with Crippen LogP contribution in [0.1, 0.15) is 26.3 Å². The highest BCUT2D eigenvalue weighted by molar-refractivity contribution is 7.00. The molecule has 0 N–H and O–H groups in total. The first-order chi connectivity index (χ1) is 52.2. The highest BCUT2D eigenvalue weighted by Gasteiger charge is 2.45. The van der Waals surface area contributed by atoms with E-state index in [4.69, 9.17) is 0 Å². The Kier molecular flexibility index (Phi) is 13.9. The normalized spacial score (nSPS) is 12.6. The number of aromatic nitrogens is 3.